The fourth-order valence-electron chi connectivity index (χ4n) is 3.17. The van der Waals surface area contributed by atoms with Crippen LogP contribution >= 0.6 is 0 Å². The van der Waals surface area contributed by atoms with Crippen LogP contribution in [0.1, 0.15) is 48.2 Å². The number of amides is 2. The van der Waals surface area contributed by atoms with E-state index in [1.54, 1.807) is 11.1 Å². The molecule has 1 aliphatic heterocycles. The SMILES string of the molecule is Cc1cc(C(F)(F)F)nc(CNC(=O)N2CCCC[C@H]2c2ccccn2)n1. The average molecular weight is 379 g/mol. The zero-order chi connectivity index (χ0) is 19.4. The number of piperidine rings is 1. The molecular weight excluding hydrogens is 359 g/mol. The van der Waals surface area contributed by atoms with Gasteiger partial charge in [0.1, 0.15) is 11.5 Å². The first-order valence-corrected chi connectivity index (χ1v) is 8.72. The van der Waals surface area contributed by atoms with Crippen LogP contribution in [-0.4, -0.2) is 32.4 Å². The van der Waals surface area contributed by atoms with Gasteiger partial charge in [-0.2, -0.15) is 13.2 Å². The molecule has 144 valence electrons. The van der Waals surface area contributed by atoms with Crippen molar-refractivity contribution in [1.82, 2.24) is 25.2 Å². The number of halogens is 3. The van der Waals surface area contributed by atoms with E-state index in [9.17, 15) is 18.0 Å². The van der Waals surface area contributed by atoms with Crippen LogP contribution in [0.15, 0.2) is 30.5 Å². The Labute approximate surface area is 154 Å². The molecule has 0 unspecified atom stereocenters. The van der Waals surface area contributed by atoms with Gasteiger partial charge in [-0.05, 0) is 44.4 Å². The van der Waals surface area contributed by atoms with Crippen LogP contribution in [0.25, 0.3) is 0 Å². The zero-order valence-corrected chi connectivity index (χ0v) is 14.8. The van der Waals surface area contributed by atoms with Gasteiger partial charge in [-0.3, -0.25) is 4.98 Å². The normalized spacial score (nSPS) is 17.6. The minimum atomic E-state index is -4.55. The minimum Gasteiger partial charge on any atom is -0.331 e. The van der Waals surface area contributed by atoms with Crippen LogP contribution < -0.4 is 5.32 Å². The van der Waals surface area contributed by atoms with E-state index >= 15 is 0 Å². The van der Waals surface area contributed by atoms with Gasteiger partial charge in [-0.1, -0.05) is 6.07 Å². The number of hydrogen-bond donors (Lipinski definition) is 1. The van der Waals surface area contributed by atoms with E-state index in [0.717, 1.165) is 31.0 Å². The van der Waals surface area contributed by atoms with E-state index in [1.165, 1.54) is 6.92 Å². The number of rotatable bonds is 3. The molecule has 6 nitrogen and oxygen atoms in total. The van der Waals surface area contributed by atoms with Gasteiger partial charge in [-0.25, -0.2) is 14.8 Å². The number of nitrogens with zero attached hydrogens (tertiary/aromatic N) is 4. The quantitative estimate of drug-likeness (QED) is 0.884. The van der Waals surface area contributed by atoms with Crippen LogP contribution in [0, 0.1) is 6.92 Å². The first kappa shape index (κ1) is 19.1. The number of likely N-dealkylation sites (tertiary alicyclic amines) is 1. The van der Waals surface area contributed by atoms with Gasteiger partial charge < -0.3 is 10.2 Å². The summed E-state index contributed by atoms with van der Waals surface area (Å²) >= 11 is 0. The standard InChI is InChI=1S/C18H20F3N5O/c1-12-10-15(18(19,20)21)25-16(24-12)11-23-17(27)26-9-5-3-7-14(26)13-6-2-4-8-22-13/h2,4,6,8,10,14H,3,5,7,9,11H2,1H3,(H,23,27)/t14-/m0/s1. The molecule has 0 aromatic carbocycles. The summed E-state index contributed by atoms with van der Waals surface area (Å²) in [5, 5.41) is 2.64. The van der Waals surface area contributed by atoms with Gasteiger partial charge in [0.15, 0.2) is 0 Å². The lowest BCUT2D eigenvalue weighted by Gasteiger charge is -2.35. The maximum atomic E-state index is 12.9. The predicted molar refractivity (Wildman–Crippen MR) is 91.5 cm³/mol. The van der Waals surface area contributed by atoms with Gasteiger partial charge in [0, 0.05) is 18.4 Å². The number of nitrogens with one attached hydrogen (secondary N) is 1. The van der Waals surface area contributed by atoms with Gasteiger partial charge in [0.05, 0.1) is 18.3 Å². The second-order valence-electron chi connectivity index (χ2n) is 6.43. The molecule has 3 rings (SSSR count). The summed E-state index contributed by atoms with van der Waals surface area (Å²) < 4.78 is 38.7. The first-order valence-electron chi connectivity index (χ1n) is 8.72. The smallest absolute Gasteiger partial charge is 0.331 e. The largest absolute Gasteiger partial charge is 0.433 e. The van der Waals surface area contributed by atoms with Gasteiger partial charge in [0.2, 0.25) is 0 Å². The van der Waals surface area contributed by atoms with Crippen LogP contribution in [0.3, 0.4) is 0 Å². The summed E-state index contributed by atoms with van der Waals surface area (Å²) in [4.78, 5) is 26.1. The predicted octanol–water partition coefficient (Wildman–Crippen LogP) is 3.64. The molecule has 1 saturated heterocycles. The third kappa shape index (κ3) is 4.72. The second kappa shape index (κ2) is 7.89. The number of aromatic nitrogens is 3. The molecule has 0 bridgehead atoms. The molecule has 0 radical (unpaired) electrons. The molecule has 1 atom stereocenters. The summed E-state index contributed by atoms with van der Waals surface area (Å²) in [7, 11) is 0. The van der Waals surface area contributed by atoms with E-state index < -0.39 is 11.9 Å². The van der Waals surface area contributed by atoms with Crippen molar-refractivity contribution in [3.63, 3.8) is 0 Å². The van der Waals surface area contributed by atoms with Crippen LogP contribution in [0.2, 0.25) is 0 Å². The topological polar surface area (TPSA) is 71.0 Å². The molecule has 0 saturated carbocycles. The van der Waals surface area contributed by atoms with Crippen molar-refractivity contribution in [1.29, 1.82) is 0 Å². The lowest BCUT2D eigenvalue weighted by molar-refractivity contribution is -0.141. The van der Waals surface area contributed by atoms with Gasteiger partial charge in [-0.15, -0.1) is 0 Å². The van der Waals surface area contributed by atoms with Gasteiger partial charge in [0.25, 0.3) is 0 Å². The van der Waals surface area contributed by atoms with Crippen molar-refractivity contribution in [2.24, 2.45) is 0 Å². The minimum absolute atomic E-state index is 0.0675. The summed E-state index contributed by atoms with van der Waals surface area (Å²) in [6.45, 7) is 1.86. The van der Waals surface area contributed by atoms with Crippen molar-refractivity contribution in [2.45, 2.75) is 44.9 Å². The summed E-state index contributed by atoms with van der Waals surface area (Å²) in [6.07, 6.45) is -0.219. The monoisotopic (exact) mass is 379 g/mol. The van der Waals surface area contributed by atoms with Crippen molar-refractivity contribution in [3.05, 3.63) is 53.4 Å². The fraction of sp³-hybridized carbons (Fsp3) is 0.444. The molecule has 27 heavy (non-hydrogen) atoms. The Balaban J connectivity index is 1.70. The number of urea groups is 1. The Morgan fingerprint density at radius 2 is 2.11 bits per heavy atom. The number of pyridine rings is 1. The Morgan fingerprint density at radius 1 is 1.30 bits per heavy atom. The molecule has 2 amide bonds. The highest BCUT2D eigenvalue weighted by Gasteiger charge is 2.33. The highest BCUT2D eigenvalue weighted by atomic mass is 19.4. The Kier molecular flexibility index (Phi) is 5.57. The Bertz CT molecular complexity index is 797. The summed E-state index contributed by atoms with van der Waals surface area (Å²) in [5.41, 5.74) is -0.00648. The molecular formula is C18H20F3N5O. The molecule has 1 aliphatic rings. The lowest BCUT2D eigenvalue weighted by atomic mass is 9.99. The van der Waals surface area contributed by atoms with Gasteiger partial charge >= 0.3 is 12.2 Å². The molecule has 1 fully saturated rings. The summed E-state index contributed by atoms with van der Waals surface area (Å²) in [6, 6.07) is 5.92. The zero-order valence-electron chi connectivity index (χ0n) is 14.8. The Morgan fingerprint density at radius 3 is 2.81 bits per heavy atom. The van der Waals surface area contributed by atoms with Crippen molar-refractivity contribution in [2.75, 3.05) is 6.54 Å². The molecule has 2 aromatic rings. The number of carbonyl (C=O) groups is 1. The molecule has 3 heterocycles. The highest BCUT2D eigenvalue weighted by Crippen LogP contribution is 2.30. The third-order valence-corrected chi connectivity index (χ3v) is 4.38. The molecule has 9 heteroatoms. The molecule has 0 aliphatic carbocycles. The van der Waals surface area contributed by atoms with Crippen LogP contribution in [0.4, 0.5) is 18.0 Å². The second-order valence-corrected chi connectivity index (χ2v) is 6.43. The molecule has 1 N–H and O–H groups in total. The van der Waals surface area contributed by atoms with Crippen LogP contribution in [-0.2, 0) is 12.7 Å². The third-order valence-electron chi connectivity index (χ3n) is 4.38. The average Bonchev–Trinajstić information content (AvgIpc) is 2.66. The van der Waals surface area contributed by atoms with E-state index in [0.29, 0.717) is 6.54 Å². The van der Waals surface area contributed by atoms with Crippen molar-refractivity contribution in [3.8, 4) is 0 Å². The number of aryl methyl sites for hydroxylation is 1. The number of hydrogen-bond acceptors (Lipinski definition) is 4. The summed E-state index contributed by atoms with van der Waals surface area (Å²) in [5.74, 6) is -0.0675. The molecule has 0 spiro atoms. The molecule has 2 aromatic heterocycles. The van der Waals surface area contributed by atoms with E-state index in [4.69, 9.17) is 0 Å². The maximum Gasteiger partial charge on any atom is 0.433 e. The van der Waals surface area contributed by atoms with Crippen LogP contribution in [0.5, 0.6) is 0 Å². The highest BCUT2D eigenvalue weighted by molar-refractivity contribution is 5.74. The number of alkyl halides is 3. The fourth-order valence-corrected chi connectivity index (χ4v) is 3.17. The van der Waals surface area contributed by atoms with E-state index in [2.05, 4.69) is 20.3 Å². The Hall–Kier alpha value is -2.71. The maximum absolute atomic E-state index is 12.9. The van der Waals surface area contributed by atoms with E-state index in [1.807, 2.05) is 18.2 Å². The van der Waals surface area contributed by atoms with Crippen molar-refractivity contribution < 1.29 is 18.0 Å². The van der Waals surface area contributed by atoms with Crippen molar-refractivity contribution >= 4 is 6.03 Å². The first-order chi connectivity index (χ1) is 12.8. The van der Waals surface area contributed by atoms with E-state index in [-0.39, 0.29) is 30.1 Å². The lowest BCUT2D eigenvalue weighted by Crippen LogP contribution is -2.44. The number of carbonyl (C=O) groups excluding carboxylic acids is 1.